The molecule has 0 saturated heterocycles. The van der Waals surface area contributed by atoms with Crippen molar-refractivity contribution in [2.75, 3.05) is 6.54 Å². The first-order chi connectivity index (χ1) is 6.65. The van der Waals surface area contributed by atoms with Crippen LogP contribution in [0.25, 0.3) is 0 Å². The van der Waals surface area contributed by atoms with Crippen LogP contribution >= 0.6 is 0 Å². The van der Waals surface area contributed by atoms with Crippen molar-refractivity contribution in [2.45, 2.75) is 32.3 Å². The van der Waals surface area contributed by atoms with Gasteiger partial charge in [-0.15, -0.1) is 0 Å². The van der Waals surface area contributed by atoms with Crippen molar-refractivity contribution in [3.63, 3.8) is 0 Å². The van der Waals surface area contributed by atoms with Crippen molar-refractivity contribution >= 4 is 11.8 Å². The third-order valence-electron chi connectivity index (χ3n) is 2.29. The van der Waals surface area contributed by atoms with Crippen LogP contribution in [0.2, 0.25) is 0 Å². The molecule has 4 heteroatoms. The minimum Gasteiger partial charge on any atom is -0.393 e. The Hall–Kier alpha value is -1.16. The summed E-state index contributed by atoms with van der Waals surface area (Å²) in [5, 5.41) is 9.26. The quantitative estimate of drug-likeness (QED) is 0.651. The molecule has 1 atom stereocenters. The number of aliphatic hydroxyl groups excluding tert-OH is 1. The van der Waals surface area contributed by atoms with Crippen LogP contribution in [0.5, 0.6) is 0 Å². The van der Waals surface area contributed by atoms with Crippen molar-refractivity contribution in [3.8, 4) is 0 Å². The third-order valence-corrected chi connectivity index (χ3v) is 2.29. The third kappa shape index (κ3) is 2.67. The first-order valence-electron chi connectivity index (χ1n) is 4.86. The number of carbonyl (C=O) groups is 2. The number of amides is 2. The molecule has 0 aromatic carbocycles. The van der Waals surface area contributed by atoms with Crippen LogP contribution in [0, 0.1) is 0 Å². The number of nitrogens with zero attached hydrogens (tertiary/aromatic N) is 1. The Balaban J connectivity index is 2.25. The summed E-state index contributed by atoms with van der Waals surface area (Å²) < 4.78 is 0. The summed E-state index contributed by atoms with van der Waals surface area (Å²) in [6.45, 7) is 2.31. The highest BCUT2D eigenvalue weighted by atomic mass is 16.3. The molecule has 4 nitrogen and oxygen atoms in total. The first kappa shape index (κ1) is 10.9. The molecule has 1 aliphatic heterocycles. The average molecular weight is 197 g/mol. The highest BCUT2D eigenvalue weighted by Crippen LogP contribution is 2.07. The van der Waals surface area contributed by atoms with E-state index < -0.39 is 0 Å². The van der Waals surface area contributed by atoms with E-state index in [4.69, 9.17) is 0 Å². The molecular weight excluding hydrogens is 182 g/mol. The van der Waals surface area contributed by atoms with Gasteiger partial charge in [-0.05, 0) is 19.3 Å². The summed E-state index contributed by atoms with van der Waals surface area (Å²) in [7, 11) is 0. The predicted octanol–water partition coefficient (Wildman–Crippen LogP) is 0.462. The molecule has 78 valence electrons. The highest BCUT2D eigenvalue weighted by Gasteiger charge is 2.22. The van der Waals surface area contributed by atoms with Crippen LogP contribution in [-0.2, 0) is 9.59 Å². The molecule has 0 spiro atoms. The number of rotatable bonds is 5. The van der Waals surface area contributed by atoms with Gasteiger partial charge < -0.3 is 5.11 Å². The maximum absolute atomic E-state index is 11.1. The fourth-order valence-corrected chi connectivity index (χ4v) is 1.34. The maximum atomic E-state index is 11.1. The molecule has 0 saturated carbocycles. The standard InChI is InChI=1S/C10H15NO3/c1-2-8(12)4-3-7-11-9(13)5-6-10(11)14/h5-6,8,12H,2-4,7H2,1H3. The van der Waals surface area contributed by atoms with Crippen LogP contribution in [0.15, 0.2) is 12.2 Å². The van der Waals surface area contributed by atoms with E-state index >= 15 is 0 Å². The van der Waals surface area contributed by atoms with E-state index in [1.165, 1.54) is 17.1 Å². The smallest absolute Gasteiger partial charge is 0.253 e. The molecule has 14 heavy (non-hydrogen) atoms. The molecule has 0 bridgehead atoms. The van der Waals surface area contributed by atoms with Gasteiger partial charge in [-0.25, -0.2) is 0 Å². The maximum Gasteiger partial charge on any atom is 0.253 e. The summed E-state index contributed by atoms with van der Waals surface area (Å²) in [5.74, 6) is -0.498. The molecule has 0 radical (unpaired) electrons. The van der Waals surface area contributed by atoms with Gasteiger partial charge >= 0.3 is 0 Å². The molecule has 0 aromatic heterocycles. The van der Waals surface area contributed by atoms with Gasteiger partial charge in [0.25, 0.3) is 11.8 Å². The van der Waals surface area contributed by atoms with Crippen molar-refractivity contribution in [3.05, 3.63) is 12.2 Å². The van der Waals surface area contributed by atoms with Crippen molar-refractivity contribution in [1.82, 2.24) is 4.90 Å². The first-order valence-corrected chi connectivity index (χ1v) is 4.86. The summed E-state index contributed by atoms with van der Waals surface area (Å²) >= 11 is 0. The molecule has 1 rings (SSSR count). The second-order valence-electron chi connectivity index (χ2n) is 3.37. The van der Waals surface area contributed by atoms with Gasteiger partial charge in [0.1, 0.15) is 0 Å². The van der Waals surface area contributed by atoms with Crippen LogP contribution in [0.1, 0.15) is 26.2 Å². The average Bonchev–Trinajstić information content (AvgIpc) is 2.48. The molecule has 1 heterocycles. The largest absolute Gasteiger partial charge is 0.393 e. The normalized spacial score (nSPS) is 18.0. The predicted molar refractivity (Wildman–Crippen MR) is 51.4 cm³/mol. The van der Waals surface area contributed by atoms with E-state index in [-0.39, 0.29) is 17.9 Å². The number of imide groups is 1. The Bertz CT molecular complexity index is 242. The number of aliphatic hydroxyl groups is 1. The van der Waals surface area contributed by atoms with E-state index in [1.54, 1.807) is 0 Å². The number of hydrogen-bond acceptors (Lipinski definition) is 3. The Kier molecular flexibility index (Phi) is 3.83. The molecule has 2 amide bonds. The molecule has 1 N–H and O–H groups in total. The van der Waals surface area contributed by atoms with Gasteiger partial charge in [0, 0.05) is 18.7 Å². The van der Waals surface area contributed by atoms with Crippen molar-refractivity contribution in [2.24, 2.45) is 0 Å². The zero-order chi connectivity index (χ0) is 10.6. The second-order valence-corrected chi connectivity index (χ2v) is 3.37. The van der Waals surface area contributed by atoms with E-state index in [2.05, 4.69) is 0 Å². The van der Waals surface area contributed by atoms with Gasteiger partial charge in [0.05, 0.1) is 6.10 Å². The lowest BCUT2D eigenvalue weighted by Crippen LogP contribution is -2.31. The van der Waals surface area contributed by atoms with E-state index in [0.29, 0.717) is 25.8 Å². The minimum absolute atomic E-state index is 0.249. The zero-order valence-electron chi connectivity index (χ0n) is 8.27. The SMILES string of the molecule is CCC(O)CCCN1C(=O)C=CC1=O. The Labute approximate surface area is 83.2 Å². The molecule has 0 aromatic rings. The van der Waals surface area contributed by atoms with Crippen LogP contribution in [-0.4, -0.2) is 34.5 Å². The lowest BCUT2D eigenvalue weighted by Gasteiger charge is -2.14. The molecule has 1 aliphatic rings. The van der Waals surface area contributed by atoms with Crippen LogP contribution < -0.4 is 0 Å². The van der Waals surface area contributed by atoms with Gasteiger partial charge in [0.2, 0.25) is 0 Å². The van der Waals surface area contributed by atoms with Crippen molar-refractivity contribution in [1.29, 1.82) is 0 Å². The molecule has 1 unspecified atom stereocenters. The van der Waals surface area contributed by atoms with E-state index in [1.807, 2.05) is 6.92 Å². The summed E-state index contributed by atoms with van der Waals surface area (Å²) in [6, 6.07) is 0. The molecule has 0 aliphatic carbocycles. The fourth-order valence-electron chi connectivity index (χ4n) is 1.34. The van der Waals surface area contributed by atoms with Crippen molar-refractivity contribution < 1.29 is 14.7 Å². The number of hydrogen-bond donors (Lipinski definition) is 1. The van der Waals surface area contributed by atoms with Gasteiger partial charge in [0.15, 0.2) is 0 Å². The Morgan fingerprint density at radius 2 is 1.93 bits per heavy atom. The Morgan fingerprint density at radius 3 is 2.43 bits per heavy atom. The Morgan fingerprint density at radius 1 is 1.36 bits per heavy atom. The van der Waals surface area contributed by atoms with Crippen LogP contribution in [0.3, 0.4) is 0 Å². The highest BCUT2D eigenvalue weighted by molar-refractivity contribution is 6.12. The van der Waals surface area contributed by atoms with Crippen LogP contribution in [0.4, 0.5) is 0 Å². The second kappa shape index (κ2) is 4.91. The van der Waals surface area contributed by atoms with Gasteiger partial charge in [-0.1, -0.05) is 6.92 Å². The lowest BCUT2D eigenvalue weighted by molar-refractivity contribution is -0.136. The topological polar surface area (TPSA) is 57.6 Å². The van der Waals surface area contributed by atoms with Gasteiger partial charge in [-0.2, -0.15) is 0 Å². The monoisotopic (exact) mass is 197 g/mol. The summed E-state index contributed by atoms with van der Waals surface area (Å²) in [6.07, 6.45) is 4.23. The zero-order valence-corrected chi connectivity index (χ0v) is 8.27. The van der Waals surface area contributed by atoms with Gasteiger partial charge in [-0.3, -0.25) is 14.5 Å². The minimum atomic E-state index is -0.323. The van der Waals surface area contributed by atoms with E-state index in [9.17, 15) is 14.7 Å². The molecule has 0 fully saturated rings. The summed E-state index contributed by atoms with van der Waals surface area (Å²) in [4.78, 5) is 23.4. The molecular formula is C10H15NO3. The lowest BCUT2D eigenvalue weighted by atomic mass is 10.1. The van der Waals surface area contributed by atoms with E-state index in [0.717, 1.165) is 0 Å². The summed E-state index contributed by atoms with van der Waals surface area (Å²) in [5.41, 5.74) is 0. The fraction of sp³-hybridized carbons (Fsp3) is 0.600. The number of carbonyl (C=O) groups excluding carboxylic acids is 2.